The molecule has 2 aliphatic rings. The largest absolute Gasteiger partial charge is 0.492 e. The van der Waals surface area contributed by atoms with Crippen LogP contribution in [0.25, 0.3) is 10.9 Å². The Kier molecular flexibility index (Phi) is 7.04. The van der Waals surface area contributed by atoms with Crippen LogP contribution < -0.4 is 10.1 Å². The van der Waals surface area contributed by atoms with Crippen molar-refractivity contribution in [3.05, 3.63) is 58.2 Å². The third kappa shape index (κ3) is 4.82. The van der Waals surface area contributed by atoms with Gasteiger partial charge in [0.25, 0.3) is 6.43 Å². The molecule has 1 fully saturated rings. The van der Waals surface area contributed by atoms with Gasteiger partial charge in [0.05, 0.1) is 35.9 Å². The molecule has 2 aliphatic heterocycles. The molecule has 10 heteroatoms. The van der Waals surface area contributed by atoms with Gasteiger partial charge in [-0.1, -0.05) is 18.2 Å². The van der Waals surface area contributed by atoms with Crippen LogP contribution in [0, 0.1) is 12.7 Å². The lowest BCUT2D eigenvalue weighted by molar-refractivity contribution is -0.119. The van der Waals surface area contributed by atoms with Crippen LogP contribution >= 0.6 is 0 Å². The van der Waals surface area contributed by atoms with Gasteiger partial charge in [-0.25, -0.2) is 23.1 Å². The number of fused-ring (bicyclic) bond motifs is 3. The first-order valence-corrected chi connectivity index (χ1v) is 12.8. The van der Waals surface area contributed by atoms with E-state index in [0.29, 0.717) is 79.4 Å². The molecule has 3 aromatic rings. The van der Waals surface area contributed by atoms with Crippen LogP contribution in [0.4, 0.5) is 19.0 Å². The number of hydrogen-bond acceptors (Lipinski definition) is 7. The summed E-state index contributed by atoms with van der Waals surface area (Å²) in [7, 11) is 0. The lowest BCUT2D eigenvalue weighted by Crippen LogP contribution is -2.44. The van der Waals surface area contributed by atoms with Gasteiger partial charge in [-0.3, -0.25) is 9.69 Å². The number of likely N-dealkylation sites (tertiary alicyclic amines) is 1. The zero-order valence-corrected chi connectivity index (χ0v) is 21.7. The van der Waals surface area contributed by atoms with E-state index in [1.807, 2.05) is 11.0 Å². The third-order valence-corrected chi connectivity index (χ3v) is 7.49. The van der Waals surface area contributed by atoms with E-state index < -0.39 is 29.4 Å². The summed E-state index contributed by atoms with van der Waals surface area (Å²) in [5.74, 6) is 0.688. The van der Waals surface area contributed by atoms with Crippen LogP contribution in [0.1, 0.15) is 67.2 Å². The Bertz CT molecular complexity index is 1390. The predicted molar refractivity (Wildman–Crippen MR) is 137 cm³/mol. The summed E-state index contributed by atoms with van der Waals surface area (Å²) >= 11 is 0. The molecule has 0 saturated carbocycles. The number of Topliss-reactive ketones (excluding diaryl/α,β-unsaturated/α-hetero) is 1. The molecule has 0 spiro atoms. The number of carbonyl (C=O) groups is 1. The number of ketones is 1. The lowest BCUT2D eigenvalue weighted by Gasteiger charge is -2.39. The maximum Gasteiger partial charge on any atom is 0.266 e. The number of alkyl halides is 2. The van der Waals surface area contributed by atoms with Crippen molar-refractivity contribution in [1.29, 1.82) is 0 Å². The molecule has 0 aliphatic carbocycles. The highest BCUT2D eigenvalue weighted by Crippen LogP contribution is 2.46. The predicted octanol–water partition coefficient (Wildman–Crippen LogP) is 5.00. The van der Waals surface area contributed by atoms with Crippen molar-refractivity contribution < 1.29 is 27.8 Å². The molecule has 1 aromatic heterocycles. The zero-order chi connectivity index (χ0) is 27.2. The number of anilines is 1. The molecule has 5 rings (SSSR count). The number of aromatic nitrogens is 2. The molecule has 38 heavy (non-hydrogen) atoms. The Morgan fingerprint density at radius 2 is 1.95 bits per heavy atom. The van der Waals surface area contributed by atoms with Crippen molar-refractivity contribution in [2.75, 3.05) is 31.6 Å². The Balaban J connectivity index is 1.55. The summed E-state index contributed by atoms with van der Waals surface area (Å²) in [6, 6.07) is 5.14. The fraction of sp³-hybridized carbons (Fsp3) is 0.464. The number of ether oxygens (including phenoxy) is 1. The normalized spacial score (nSPS) is 17.9. The molecule has 7 nitrogen and oxygen atoms in total. The van der Waals surface area contributed by atoms with Crippen molar-refractivity contribution in [3.8, 4) is 5.75 Å². The Labute approximate surface area is 219 Å². The molecule has 2 N–H and O–H groups in total. The first-order chi connectivity index (χ1) is 18.1. The van der Waals surface area contributed by atoms with Gasteiger partial charge in [0.15, 0.2) is 0 Å². The van der Waals surface area contributed by atoms with Gasteiger partial charge in [-0.15, -0.1) is 0 Å². The van der Waals surface area contributed by atoms with Gasteiger partial charge >= 0.3 is 0 Å². The van der Waals surface area contributed by atoms with Crippen molar-refractivity contribution in [1.82, 2.24) is 14.9 Å². The maximum atomic E-state index is 14.9. The standard InChI is InChI=1S/C28H31F3N4O3/c1-15(36)14-35-10-8-28(37,9-11-35)22-13-21-24(20-7-12-38-25(20)22)33-17(3)34-27(21)32-16(2)18-5-4-6-19(23(18)29)26(30)31/h4-6,13,16,26,37H,7-12,14H2,1-3H3,(H,32,33,34)/t16-/m1/s1. The first kappa shape index (κ1) is 26.4. The number of aryl methyl sites for hydroxylation is 1. The molecule has 0 amide bonds. The number of benzene rings is 2. The molecular weight excluding hydrogens is 497 g/mol. The van der Waals surface area contributed by atoms with Gasteiger partial charge in [-0.2, -0.15) is 0 Å². The summed E-state index contributed by atoms with van der Waals surface area (Å²) in [6.07, 6.45) is -1.45. The summed E-state index contributed by atoms with van der Waals surface area (Å²) in [6.45, 7) is 6.93. The lowest BCUT2D eigenvalue weighted by atomic mass is 9.82. The number of piperidine rings is 1. The number of carbonyl (C=O) groups excluding carboxylic acids is 1. The summed E-state index contributed by atoms with van der Waals surface area (Å²) in [5.41, 5.74) is 0.506. The quantitative estimate of drug-likeness (QED) is 0.447. The van der Waals surface area contributed by atoms with Gasteiger partial charge in [0.2, 0.25) is 0 Å². The number of nitrogens with one attached hydrogen (secondary N) is 1. The number of rotatable bonds is 7. The minimum Gasteiger partial charge on any atom is -0.492 e. The van der Waals surface area contributed by atoms with Crippen LogP contribution in [0.15, 0.2) is 24.3 Å². The van der Waals surface area contributed by atoms with E-state index in [-0.39, 0.29) is 11.3 Å². The number of aliphatic hydroxyl groups is 1. The minimum atomic E-state index is -2.92. The summed E-state index contributed by atoms with van der Waals surface area (Å²) < 4.78 is 47.5. The maximum absolute atomic E-state index is 14.9. The topological polar surface area (TPSA) is 87.6 Å². The number of halogens is 3. The first-order valence-electron chi connectivity index (χ1n) is 12.8. The fourth-order valence-corrected chi connectivity index (χ4v) is 5.56. The van der Waals surface area contributed by atoms with Crippen LogP contribution in [0.2, 0.25) is 0 Å². The van der Waals surface area contributed by atoms with E-state index in [2.05, 4.69) is 15.3 Å². The van der Waals surface area contributed by atoms with Gasteiger partial charge < -0.3 is 15.2 Å². The Morgan fingerprint density at radius 3 is 2.63 bits per heavy atom. The van der Waals surface area contributed by atoms with E-state index in [9.17, 15) is 23.1 Å². The van der Waals surface area contributed by atoms with Gasteiger partial charge in [-0.05, 0) is 39.7 Å². The van der Waals surface area contributed by atoms with Crippen molar-refractivity contribution in [2.45, 2.75) is 58.1 Å². The smallest absolute Gasteiger partial charge is 0.266 e. The van der Waals surface area contributed by atoms with Crippen LogP contribution in [-0.4, -0.2) is 52.0 Å². The summed E-state index contributed by atoms with van der Waals surface area (Å²) in [5, 5.41) is 15.6. The average molecular weight is 529 g/mol. The monoisotopic (exact) mass is 528 g/mol. The Morgan fingerprint density at radius 1 is 1.24 bits per heavy atom. The van der Waals surface area contributed by atoms with Crippen LogP contribution in [0.3, 0.4) is 0 Å². The zero-order valence-electron chi connectivity index (χ0n) is 21.7. The van der Waals surface area contributed by atoms with Crippen molar-refractivity contribution in [3.63, 3.8) is 0 Å². The second-order valence-electron chi connectivity index (χ2n) is 10.3. The number of nitrogens with zero attached hydrogens (tertiary/aromatic N) is 3. The summed E-state index contributed by atoms with van der Waals surface area (Å²) in [4.78, 5) is 22.8. The highest BCUT2D eigenvalue weighted by molar-refractivity contribution is 5.94. The molecule has 3 heterocycles. The molecule has 0 unspecified atom stereocenters. The molecule has 0 radical (unpaired) electrons. The molecule has 1 saturated heterocycles. The van der Waals surface area contributed by atoms with Crippen LogP contribution in [0.5, 0.6) is 5.75 Å². The fourth-order valence-electron chi connectivity index (χ4n) is 5.56. The average Bonchev–Trinajstić information content (AvgIpc) is 3.35. The van der Waals surface area contributed by atoms with Crippen molar-refractivity contribution in [2.24, 2.45) is 0 Å². The molecule has 0 bridgehead atoms. The second-order valence-corrected chi connectivity index (χ2v) is 10.3. The van der Waals surface area contributed by atoms with Gasteiger partial charge in [0.1, 0.15) is 29.0 Å². The Hall–Kier alpha value is -3.24. The number of hydrogen-bond donors (Lipinski definition) is 2. The highest BCUT2D eigenvalue weighted by Gasteiger charge is 2.39. The van der Waals surface area contributed by atoms with E-state index in [1.165, 1.54) is 12.1 Å². The molecule has 1 atom stereocenters. The highest BCUT2D eigenvalue weighted by atomic mass is 19.3. The minimum absolute atomic E-state index is 0.0817. The molecule has 2 aromatic carbocycles. The van der Waals surface area contributed by atoms with E-state index >= 15 is 0 Å². The molecule has 202 valence electrons. The van der Waals surface area contributed by atoms with E-state index in [1.54, 1.807) is 20.8 Å². The second kappa shape index (κ2) is 10.1. The third-order valence-electron chi connectivity index (χ3n) is 7.49. The van der Waals surface area contributed by atoms with Crippen molar-refractivity contribution >= 4 is 22.5 Å². The van der Waals surface area contributed by atoms with Gasteiger partial charge in [0, 0.05) is 41.6 Å². The SMILES string of the molecule is CC(=O)CN1CCC(O)(c2cc3c(N[C@H](C)c4cccc(C(F)F)c4F)nc(C)nc3c3c2OCC3)CC1. The van der Waals surface area contributed by atoms with Crippen LogP contribution in [-0.2, 0) is 16.8 Å². The molecular formula is C28H31F3N4O3. The van der Waals surface area contributed by atoms with E-state index in [4.69, 9.17) is 4.74 Å². The van der Waals surface area contributed by atoms with E-state index in [0.717, 1.165) is 11.6 Å².